The van der Waals surface area contributed by atoms with Crippen molar-refractivity contribution in [2.75, 3.05) is 59.6 Å². The van der Waals surface area contributed by atoms with Gasteiger partial charge >= 0.3 is 0 Å². The number of anilines is 1. The highest BCUT2D eigenvalue weighted by Gasteiger charge is 2.34. The number of hydrogen-bond acceptors (Lipinski definition) is 10. The number of benzene rings is 3. The number of allylic oxidation sites excluding steroid dienone is 1. The molecule has 0 bridgehead atoms. The Bertz CT molecular complexity index is 2080. The summed E-state index contributed by atoms with van der Waals surface area (Å²) in [7, 11) is 4.59. The van der Waals surface area contributed by atoms with E-state index in [9.17, 15) is 14.4 Å². The zero-order chi connectivity index (χ0) is 34.5. The van der Waals surface area contributed by atoms with Crippen LogP contribution in [-0.4, -0.2) is 75.5 Å². The summed E-state index contributed by atoms with van der Waals surface area (Å²) in [6.07, 6.45) is 1.74. The third-order valence-corrected chi connectivity index (χ3v) is 9.22. The summed E-state index contributed by atoms with van der Waals surface area (Å²) in [5, 5.41) is 2.96. The van der Waals surface area contributed by atoms with Gasteiger partial charge in [0, 0.05) is 30.4 Å². The molecule has 2 amide bonds. The Morgan fingerprint density at radius 1 is 0.959 bits per heavy atom. The number of hydrogen-bond donors (Lipinski definition) is 1. The number of nitrogens with one attached hydrogen (secondary N) is 1. The zero-order valence-electron chi connectivity index (χ0n) is 27.6. The van der Waals surface area contributed by atoms with Crippen LogP contribution in [0.1, 0.15) is 24.1 Å². The molecular formula is C36H36N4O8S. The molecule has 1 saturated heterocycles. The van der Waals surface area contributed by atoms with Crippen molar-refractivity contribution in [2.45, 2.75) is 13.0 Å². The van der Waals surface area contributed by atoms with Gasteiger partial charge in [0.1, 0.15) is 17.5 Å². The fraction of sp³-hybridized carbons (Fsp3) is 0.278. The lowest BCUT2D eigenvalue weighted by Gasteiger charge is -2.26. The predicted molar refractivity (Wildman–Crippen MR) is 184 cm³/mol. The van der Waals surface area contributed by atoms with Gasteiger partial charge in [-0.2, -0.15) is 0 Å². The van der Waals surface area contributed by atoms with E-state index in [0.717, 1.165) is 0 Å². The average Bonchev–Trinajstić information content (AvgIpc) is 3.43. The predicted octanol–water partition coefficient (Wildman–Crippen LogP) is 3.14. The highest BCUT2D eigenvalue weighted by Crippen LogP contribution is 2.37. The summed E-state index contributed by atoms with van der Waals surface area (Å²) in [6, 6.07) is 18.7. The van der Waals surface area contributed by atoms with Gasteiger partial charge < -0.3 is 33.9 Å². The van der Waals surface area contributed by atoms with Crippen LogP contribution in [0.25, 0.3) is 6.08 Å². The third kappa shape index (κ3) is 7.08. The number of para-hydroxylation sites is 1. The molecule has 1 N–H and O–H groups in total. The Kier molecular flexibility index (Phi) is 10.1. The summed E-state index contributed by atoms with van der Waals surface area (Å²) in [5.41, 5.74) is 2.32. The first-order chi connectivity index (χ1) is 23.8. The van der Waals surface area contributed by atoms with Crippen LogP contribution in [0, 0.1) is 0 Å². The van der Waals surface area contributed by atoms with Gasteiger partial charge in [0.25, 0.3) is 17.4 Å². The number of amides is 2. The smallest absolute Gasteiger partial charge is 0.271 e. The molecule has 12 nitrogen and oxygen atoms in total. The minimum Gasteiger partial charge on any atom is -0.497 e. The van der Waals surface area contributed by atoms with Crippen molar-refractivity contribution < 1.29 is 33.3 Å². The number of morpholine rings is 1. The number of rotatable bonds is 10. The van der Waals surface area contributed by atoms with Gasteiger partial charge in [0.05, 0.1) is 50.3 Å². The molecule has 254 valence electrons. The third-order valence-electron chi connectivity index (χ3n) is 8.23. The molecule has 6 rings (SSSR count). The van der Waals surface area contributed by atoms with Crippen molar-refractivity contribution in [3.8, 4) is 23.0 Å². The number of nitrogens with zero attached hydrogens (tertiary/aromatic N) is 3. The quantitative estimate of drug-likeness (QED) is 0.270. The number of thiazole rings is 1. The molecule has 1 aromatic heterocycles. The molecule has 13 heteroatoms. The first-order valence-electron chi connectivity index (χ1n) is 15.6. The Morgan fingerprint density at radius 3 is 2.43 bits per heavy atom. The normalized spacial score (nSPS) is 16.0. The van der Waals surface area contributed by atoms with E-state index < -0.39 is 11.9 Å². The minimum atomic E-state index is -0.850. The molecule has 1 atom stereocenters. The molecular weight excluding hydrogens is 648 g/mol. The molecule has 2 aliphatic rings. The van der Waals surface area contributed by atoms with E-state index in [1.165, 1.54) is 30.1 Å². The molecule has 0 saturated carbocycles. The molecule has 3 aromatic carbocycles. The Balaban J connectivity index is 1.38. The highest BCUT2D eigenvalue weighted by molar-refractivity contribution is 7.07. The summed E-state index contributed by atoms with van der Waals surface area (Å²) >= 11 is 1.21. The molecule has 0 radical (unpaired) electrons. The standard InChI is InChI=1S/C36H36N4O8S/c1-22-32(34(42)38-24-8-6-5-7-9-24)33(26-12-11-25(44-2)20-28(26)45-3)40-35(43)30(49-36(40)37-22)19-23-10-13-27(29(18-23)46-4)48-21-31(41)39-14-16-47-17-15-39/h5-13,18-20,33H,14-17,21H2,1-4H3,(H,38,42)/b30-19+/t33-/m0/s1. The number of carbonyl (C=O) groups excluding carboxylic acids is 2. The summed E-state index contributed by atoms with van der Waals surface area (Å²) in [4.78, 5) is 47.7. The first-order valence-corrected chi connectivity index (χ1v) is 16.4. The maximum Gasteiger partial charge on any atom is 0.271 e. The van der Waals surface area contributed by atoms with Gasteiger partial charge in [-0.15, -0.1) is 0 Å². The summed E-state index contributed by atoms with van der Waals surface area (Å²) in [5.74, 6) is 1.30. The second-order valence-electron chi connectivity index (χ2n) is 11.2. The fourth-order valence-corrected chi connectivity index (χ4v) is 6.81. The van der Waals surface area contributed by atoms with E-state index in [1.54, 1.807) is 73.5 Å². The topological polar surface area (TPSA) is 130 Å². The van der Waals surface area contributed by atoms with Crippen molar-refractivity contribution in [3.63, 3.8) is 0 Å². The van der Waals surface area contributed by atoms with Crippen LogP contribution in [0.3, 0.4) is 0 Å². The molecule has 4 aromatic rings. The molecule has 0 unspecified atom stereocenters. The Morgan fingerprint density at radius 2 is 1.71 bits per heavy atom. The second-order valence-corrected chi connectivity index (χ2v) is 12.2. The maximum atomic E-state index is 14.3. The molecule has 0 aliphatic carbocycles. The summed E-state index contributed by atoms with van der Waals surface area (Å²) in [6.45, 7) is 3.69. The number of methoxy groups -OCH3 is 3. The van der Waals surface area contributed by atoms with Crippen molar-refractivity contribution in [3.05, 3.63) is 109 Å². The molecule has 1 fully saturated rings. The van der Waals surface area contributed by atoms with Crippen LogP contribution in [0.15, 0.2) is 87.8 Å². The lowest BCUT2D eigenvalue weighted by Crippen LogP contribution is -2.43. The Labute approximate surface area is 286 Å². The van der Waals surface area contributed by atoms with E-state index >= 15 is 0 Å². The number of fused-ring (bicyclic) bond motifs is 1. The summed E-state index contributed by atoms with van der Waals surface area (Å²) < 4.78 is 29.8. The van der Waals surface area contributed by atoms with Crippen molar-refractivity contribution in [1.82, 2.24) is 9.47 Å². The van der Waals surface area contributed by atoms with E-state index in [1.807, 2.05) is 18.2 Å². The fourth-order valence-electron chi connectivity index (χ4n) is 5.76. The monoisotopic (exact) mass is 684 g/mol. The lowest BCUT2D eigenvalue weighted by atomic mass is 9.94. The van der Waals surface area contributed by atoms with Gasteiger partial charge in [-0.05, 0) is 55.0 Å². The SMILES string of the molecule is COc1ccc([C@H]2C(C(=O)Nc3ccccc3)=C(C)N=c3s/c(=C/c4ccc(OCC(=O)N5CCOCC5)c(OC)c4)c(=O)n32)c(OC)c1. The van der Waals surface area contributed by atoms with Gasteiger partial charge in [-0.3, -0.25) is 19.0 Å². The largest absolute Gasteiger partial charge is 0.497 e. The van der Waals surface area contributed by atoms with E-state index in [2.05, 4.69) is 5.32 Å². The maximum absolute atomic E-state index is 14.3. The van der Waals surface area contributed by atoms with E-state index in [0.29, 0.717) is 86.7 Å². The van der Waals surface area contributed by atoms with Crippen molar-refractivity contribution in [1.29, 1.82) is 0 Å². The number of carbonyl (C=O) groups is 2. The number of aromatic nitrogens is 1. The number of ether oxygens (including phenoxy) is 5. The van der Waals surface area contributed by atoms with Gasteiger partial charge in [0.2, 0.25) is 0 Å². The van der Waals surface area contributed by atoms with Crippen molar-refractivity contribution in [2.24, 2.45) is 4.99 Å². The van der Waals surface area contributed by atoms with Crippen molar-refractivity contribution >= 4 is 34.9 Å². The molecule has 3 heterocycles. The first kappa shape index (κ1) is 33.5. The van der Waals surface area contributed by atoms with Crippen LogP contribution < -0.4 is 39.2 Å². The second kappa shape index (κ2) is 14.8. The minimum absolute atomic E-state index is 0.134. The van der Waals surface area contributed by atoms with Gasteiger partial charge in [0.15, 0.2) is 22.9 Å². The van der Waals surface area contributed by atoms with E-state index in [-0.39, 0.29) is 18.1 Å². The van der Waals surface area contributed by atoms with Crippen LogP contribution in [-0.2, 0) is 14.3 Å². The molecule has 2 aliphatic heterocycles. The molecule has 0 spiro atoms. The van der Waals surface area contributed by atoms with Crippen LogP contribution in [0.2, 0.25) is 0 Å². The average molecular weight is 685 g/mol. The van der Waals surface area contributed by atoms with Crippen LogP contribution >= 0.6 is 11.3 Å². The molecule has 49 heavy (non-hydrogen) atoms. The van der Waals surface area contributed by atoms with Gasteiger partial charge in [-0.25, -0.2) is 4.99 Å². The lowest BCUT2D eigenvalue weighted by molar-refractivity contribution is -0.137. The zero-order valence-corrected chi connectivity index (χ0v) is 28.4. The van der Waals surface area contributed by atoms with Gasteiger partial charge in [-0.1, -0.05) is 35.6 Å². The van der Waals surface area contributed by atoms with Crippen LogP contribution in [0.5, 0.6) is 23.0 Å². The van der Waals surface area contributed by atoms with Crippen LogP contribution in [0.4, 0.5) is 5.69 Å². The highest BCUT2D eigenvalue weighted by atomic mass is 32.1. The Hall–Kier alpha value is -5.40. The van der Waals surface area contributed by atoms with E-state index in [4.69, 9.17) is 28.7 Å².